The van der Waals surface area contributed by atoms with Crippen LogP contribution >= 0.6 is 11.8 Å². The van der Waals surface area contributed by atoms with Crippen LogP contribution in [0.2, 0.25) is 0 Å². The van der Waals surface area contributed by atoms with Gasteiger partial charge in [-0.05, 0) is 32.4 Å². The molecule has 1 aliphatic rings. The number of rotatable bonds is 6. The maximum atomic E-state index is 12.3. The number of hydrogen-bond acceptors (Lipinski definition) is 6. The van der Waals surface area contributed by atoms with Gasteiger partial charge in [0, 0.05) is 21.5 Å². The predicted octanol–water partition coefficient (Wildman–Crippen LogP) is 2.77. The lowest BCUT2D eigenvalue weighted by atomic mass is 9.78. The molecule has 1 fully saturated rings. The van der Waals surface area contributed by atoms with Crippen LogP contribution < -0.4 is 0 Å². The van der Waals surface area contributed by atoms with Crippen molar-refractivity contribution < 1.29 is 24.4 Å². The quantitative estimate of drug-likeness (QED) is 0.468. The van der Waals surface area contributed by atoms with Gasteiger partial charge >= 0.3 is 11.9 Å². The van der Waals surface area contributed by atoms with Gasteiger partial charge in [0.1, 0.15) is 5.92 Å². The van der Waals surface area contributed by atoms with E-state index in [0.29, 0.717) is 0 Å². The Morgan fingerprint density at radius 2 is 1.92 bits per heavy atom. The minimum atomic E-state index is -1.28. The Morgan fingerprint density at radius 1 is 1.28 bits per heavy atom. The molecule has 1 aliphatic carbocycles. The molecule has 2 rings (SSSR count). The van der Waals surface area contributed by atoms with Crippen molar-refractivity contribution in [3.05, 3.63) is 39.9 Å². The van der Waals surface area contributed by atoms with E-state index in [1.165, 1.54) is 11.8 Å². The van der Waals surface area contributed by atoms with Crippen molar-refractivity contribution >= 4 is 23.7 Å². The number of hydrogen-bond donors (Lipinski definition) is 1. The van der Waals surface area contributed by atoms with Gasteiger partial charge in [-0.1, -0.05) is 17.7 Å². The van der Waals surface area contributed by atoms with Crippen LogP contribution in [-0.2, 0) is 14.3 Å². The number of nitrogens with zero attached hydrogens (tertiary/aromatic N) is 1. The standard InChI is InChI=1S/C17H21NO6S/c1-3-24-17(21)13-8-14(18(22)23)12(16(19)20)9-15(13)25-11-6-4-10(2)5-7-11/h4-7,12-15H,3,8-9H2,1-2H3,(H,19,20)/t12-,13+,14-,15-/m0/s1. The molecule has 0 radical (unpaired) electrons. The van der Waals surface area contributed by atoms with Crippen LogP contribution in [-0.4, -0.2) is 39.9 Å². The van der Waals surface area contributed by atoms with E-state index in [1.807, 2.05) is 31.2 Å². The zero-order valence-electron chi connectivity index (χ0n) is 14.1. The number of carboxylic acids is 1. The summed E-state index contributed by atoms with van der Waals surface area (Å²) in [4.78, 5) is 35.4. The summed E-state index contributed by atoms with van der Waals surface area (Å²) < 4.78 is 5.07. The lowest BCUT2D eigenvalue weighted by Crippen LogP contribution is -2.47. The highest BCUT2D eigenvalue weighted by Crippen LogP contribution is 2.41. The zero-order valence-corrected chi connectivity index (χ0v) is 14.9. The van der Waals surface area contributed by atoms with Crippen LogP contribution in [0, 0.1) is 28.9 Å². The monoisotopic (exact) mass is 367 g/mol. The van der Waals surface area contributed by atoms with Crippen LogP contribution in [0.3, 0.4) is 0 Å². The summed E-state index contributed by atoms with van der Waals surface area (Å²) in [5.41, 5.74) is 1.09. The number of carbonyl (C=O) groups is 2. The van der Waals surface area contributed by atoms with Gasteiger partial charge in [0.15, 0.2) is 0 Å². The fourth-order valence-corrected chi connectivity index (χ4v) is 4.40. The Kier molecular flexibility index (Phi) is 6.41. The lowest BCUT2D eigenvalue weighted by Gasteiger charge is -2.34. The summed E-state index contributed by atoms with van der Waals surface area (Å²) in [5, 5.41) is 20.3. The molecular weight excluding hydrogens is 346 g/mol. The van der Waals surface area contributed by atoms with Crippen LogP contribution in [0.15, 0.2) is 29.2 Å². The van der Waals surface area contributed by atoms with Crippen molar-refractivity contribution in [2.75, 3.05) is 6.61 Å². The second kappa shape index (κ2) is 8.33. The Hall–Kier alpha value is -2.09. The van der Waals surface area contributed by atoms with Crippen LogP contribution in [0.1, 0.15) is 25.3 Å². The summed E-state index contributed by atoms with van der Waals surface area (Å²) in [6, 6.07) is 6.38. The molecule has 1 N–H and O–H groups in total. The first-order valence-corrected chi connectivity index (χ1v) is 8.97. The number of esters is 1. The van der Waals surface area contributed by atoms with Gasteiger partial charge in [-0.15, -0.1) is 11.8 Å². The van der Waals surface area contributed by atoms with E-state index in [2.05, 4.69) is 0 Å². The van der Waals surface area contributed by atoms with Crippen molar-refractivity contribution in [2.45, 2.75) is 42.9 Å². The van der Waals surface area contributed by atoms with Gasteiger partial charge < -0.3 is 9.84 Å². The molecule has 0 amide bonds. The second-order valence-electron chi connectivity index (χ2n) is 6.10. The van der Waals surface area contributed by atoms with Crippen molar-refractivity contribution in [1.29, 1.82) is 0 Å². The first kappa shape index (κ1) is 19.2. The van der Waals surface area contributed by atoms with Gasteiger partial charge in [-0.2, -0.15) is 0 Å². The highest BCUT2D eigenvalue weighted by Gasteiger charge is 2.50. The third kappa shape index (κ3) is 4.72. The third-order valence-corrected chi connectivity index (χ3v) is 5.75. The fourth-order valence-electron chi connectivity index (χ4n) is 3.07. The van der Waals surface area contributed by atoms with Gasteiger partial charge in [-0.25, -0.2) is 0 Å². The number of ether oxygens (including phenoxy) is 1. The molecule has 8 heteroatoms. The SMILES string of the molecule is CCOC(=O)[C@@H]1C[C@H]([N+](=O)[O-])[C@@H](C(=O)O)C[C@@H]1Sc1ccc(C)cc1. The van der Waals surface area contributed by atoms with Gasteiger partial charge in [0.05, 0.1) is 12.5 Å². The molecule has 0 aromatic heterocycles. The van der Waals surface area contributed by atoms with Crippen molar-refractivity contribution in [3.8, 4) is 0 Å². The zero-order chi connectivity index (χ0) is 18.6. The maximum absolute atomic E-state index is 12.3. The molecule has 0 spiro atoms. The Labute approximate surface area is 149 Å². The molecular formula is C17H21NO6S. The summed E-state index contributed by atoms with van der Waals surface area (Å²) in [6.45, 7) is 3.81. The van der Waals surface area contributed by atoms with Gasteiger partial charge in [-0.3, -0.25) is 19.7 Å². The fraction of sp³-hybridized carbons (Fsp3) is 0.529. The number of aliphatic carboxylic acids is 1. The third-order valence-electron chi connectivity index (χ3n) is 4.38. The topological polar surface area (TPSA) is 107 Å². The maximum Gasteiger partial charge on any atom is 0.313 e. The summed E-state index contributed by atoms with van der Waals surface area (Å²) in [5.74, 6) is -3.50. The largest absolute Gasteiger partial charge is 0.481 e. The summed E-state index contributed by atoms with van der Waals surface area (Å²) in [7, 11) is 0. The number of nitro groups is 1. The summed E-state index contributed by atoms with van der Waals surface area (Å²) in [6.07, 6.45) is -0.0602. The number of carbonyl (C=O) groups excluding carboxylic acids is 1. The molecule has 0 aliphatic heterocycles. The molecule has 136 valence electrons. The van der Waals surface area contributed by atoms with Crippen LogP contribution in [0.5, 0.6) is 0 Å². The van der Waals surface area contributed by atoms with Gasteiger partial charge in [0.25, 0.3) is 0 Å². The Balaban J connectivity index is 2.27. The normalized spacial score (nSPS) is 26.0. The molecule has 1 aromatic rings. The Morgan fingerprint density at radius 3 is 2.44 bits per heavy atom. The van der Waals surface area contributed by atoms with E-state index in [9.17, 15) is 24.8 Å². The number of carboxylic acid groups (broad SMARTS) is 1. The average Bonchev–Trinajstić information content (AvgIpc) is 2.56. The average molecular weight is 367 g/mol. The van der Waals surface area contributed by atoms with E-state index >= 15 is 0 Å². The van der Waals surface area contributed by atoms with E-state index in [-0.39, 0.29) is 24.7 Å². The van der Waals surface area contributed by atoms with Crippen molar-refractivity contribution in [1.82, 2.24) is 0 Å². The van der Waals surface area contributed by atoms with Crippen LogP contribution in [0.4, 0.5) is 0 Å². The number of thioether (sulfide) groups is 1. The van der Waals surface area contributed by atoms with E-state index in [1.54, 1.807) is 6.92 Å². The molecule has 0 saturated heterocycles. The number of benzene rings is 1. The summed E-state index contributed by atoms with van der Waals surface area (Å²) >= 11 is 1.38. The van der Waals surface area contributed by atoms with Crippen molar-refractivity contribution in [3.63, 3.8) is 0 Å². The second-order valence-corrected chi connectivity index (χ2v) is 7.41. The number of aryl methyl sites for hydroxylation is 1. The van der Waals surface area contributed by atoms with Crippen LogP contribution in [0.25, 0.3) is 0 Å². The molecule has 1 saturated carbocycles. The highest BCUT2D eigenvalue weighted by atomic mass is 32.2. The minimum absolute atomic E-state index is 0.0585. The molecule has 7 nitrogen and oxygen atoms in total. The molecule has 4 atom stereocenters. The smallest absolute Gasteiger partial charge is 0.313 e. The molecule has 1 aromatic carbocycles. The van der Waals surface area contributed by atoms with E-state index < -0.39 is 34.7 Å². The first-order valence-electron chi connectivity index (χ1n) is 8.09. The molecule has 0 heterocycles. The highest BCUT2D eigenvalue weighted by molar-refractivity contribution is 8.00. The lowest BCUT2D eigenvalue weighted by molar-refractivity contribution is -0.534. The minimum Gasteiger partial charge on any atom is -0.481 e. The van der Waals surface area contributed by atoms with Gasteiger partial charge in [0.2, 0.25) is 6.04 Å². The molecule has 25 heavy (non-hydrogen) atoms. The van der Waals surface area contributed by atoms with E-state index in [4.69, 9.17) is 4.74 Å². The Bertz CT molecular complexity index is 647. The van der Waals surface area contributed by atoms with Crippen molar-refractivity contribution in [2.24, 2.45) is 11.8 Å². The predicted molar refractivity (Wildman–Crippen MR) is 92.1 cm³/mol. The molecule has 0 bridgehead atoms. The van der Waals surface area contributed by atoms with E-state index in [0.717, 1.165) is 10.5 Å². The molecule has 0 unspecified atom stereocenters. The first-order chi connectivity index (χ1) is 11.8.